The van der Waals surface area contributed by atoms with Crippen molar-refractivity contribution in [2.24, 2.45) is 23.5 Å². The standard InChI is InChI=1S/C17H22ClN3O2/c1-23-17-5-9-2-10(6-17)15(11(3-9)7-17)21-13-4-14(18)20-8-12(13)16(19)22/h4,8-11,15H,2-3,5-7H2,1H3,(H2,19,22)(H,20,21)/t9?,10-,11+,15-,17-. The molecular formula is C17H22ClN3O2. The largest absolute Gasteiger partial charge is 0.381 e. The van der Waals surface area contributed by atoms with Gasteiger partial charge < -0.3 is 15.8 Å². The van der Waals surface area contributed by atoms with Crippen LogP contribution in [0.2, 0.25) is 5.15 Å². The second-order valence-corrected chi connectivity index (χ2v) is 7.83. The van der Waals surface area contributed by atoms with Gasteiger partial charge in [-0.1, -0.05) is 11.6 Å². The Labute approximate surface area is 140 Å². The van der Waals surface area contributed by atoms with E-state index in [1.807, 2.05) is 7.11 Å². The summed E-state index contributed by atoms with van der Waals surface area (Å²) in [5.41, 5.74) is 6.67. The maximum absolute atomic E-state index is 11.7. The Morgan fingerprint density at radius 2 is 2.09 bits per heavy atom. The minimum absolute atomic E-state index is 0.0804. The molecule has 0 aliphatic heterocycles. The molecule has 124 valence electrons. The van der Waals surface area contributed by atoms with Gasteiger partial charge in [-0.3, -0.25) is 4.79 Å². The highest BCUT2D eigenvalue weighted by Crippen LogP contribution is 2.57. The van der Waals surface area contributed by atoms with Gasteiger partial charge in [0, 0.05) is 19.3 Å². The van der Waals surface area contributed by atoms with Gasteiger partial charge in [0.15, 0.2) is 0 Å². The highest BCUT2D eigenvalue weighted by Gasteiger charge is 2.55. The van der Waals surface area contributed by atoms with Gasteiger partial charge in [0.1, 0.15) is 5.15 Å². The van der Waals surface area contributed by atoms with E-state index in [0.717, 1.165) is 18.8 Å². The Morgan fingerprint density at radius 1 is 1.39 bits per heavy atom. The summed E-state index contributed by atoms with van der Waals surface area (Å²) in [5, 5.41) is 3.95. The fourth-order valence-corrected chi connectivity index (χ4v) is 5.52. The van der Waals surface area contributed by atoms with Gasteiger partial charge in [-0.25, -0.2) is 4.98 Å². The van der Waals surface area contributed by atoms with E-state index in [-0.39, 0.29) is 5.60 Å². The average molecular weight is 336 g/mol. The number of anilines is 1. The van der Waals surface area contributed by atoms with Crippen molar-refractivity contribution >= 4 is 23.2 Å². The lowest BCUT2D eigenvalue weighted by Crippen LogP contribution is -2.59. The van der Waals surface area contributed by atoms with E-state index in [2.05, 4.69) is 10.3 Å². The number of aromatic nitrogens is 1. The average Bonchev–Trinajstić information content (AvgIpc) is 2.50. The molecule has 4 aliphatic rings. The Morgan fingerprint density at radius 3 is 2.70 bits per heavy atom. The molecule has 0 aromatic carbocycles. The van der Waals surface area contributed by atoms with Crippen molar-refractivity contribution in [3.63, 3.8) is 0 Å². The molecule has 3 N–H and O–H groups in total. The zero-order chi connectivity index (χ0) is 16.2. The van der Waals surface area contributed by atoms with Crippen molar-refractivity contribution in [1.29, 1.82) is 0 Å². The molecule has 1 unspecified atom stereocenters. The van der Waals surface area contributed by atoms with Crippen LogP contribution in [0.25, 0.3) is 0 Å². The second-order valence-electron chi connectivity index (χ2n) is 7.44. The number of nitrogens with two attached hydrogens (primary N) is 1. The zero-order valence-electron chi connectivity index (χ0n) is 13.2. The van der Waals surface area contributed by atoms with Gasteiger partial charge in [-0.15, -0.1) is 0 Å². The number of methoxy groups -OCH3 is 1. The predicted molar refractivity (Wildman–Crippen MR) is 88.5 cm³/mol. The molecule has 6 heteroatoms. The molecule has 1 amide bonds. The molecule has 1 aromatic rings. The molecular weight excluding hydrogens is 314 g/mol. The second kappa shape index (κ2) is 5.35. The third kappa shape index (κ3) is 2.50. The van der Waals surface area contributed by atoms with Crippen molar-refractivity contribution in [1.82, 2.24) is 4.98 Å². The molecule has 1 aromatic heterocycles. The lowest BCUT2D eigenvalue weighted by atomic mass is 9.52. The van der Waals surface area contributed by atoms with Crippen LogP contribution in [-0.4, -0.2) is 29.6 Å². The highest BCUT2D eigenvalue weighted by molar-refractivity contribution is 6.29. The number of nitrogens with zero attached hydrogens (tertiary/aromatic N) is 1. The van der Waals surface area contributed by atoms with Crippen molar-refractivity contribution < 1.29 is 9.53 Å². The summed E-state index contributed by atoms with van der Waals surface area (Å²) in [6, 6.07) is 2.06. The lowest BCUT2D eigenvalue weighted by molar-refractivity contribution is -0.149. The van der Waals surface area contributed by atoms with E-state index in [1.165, 1.54) is 25.5 Å². The van der Waals surface area contributed by atoms with Crippen molar-refractivity contribution in [2.75, 3.05) is 12.4 Å². The van der Waals surface area contributed by atoms with Crippen LogP contribution in [0.4, 0.5) is 5.69 Å². The number of ether oxygens (including phenoxy) is 1. The molecule has 0 radical (unpaired) electrons. The lowest BCUT2D eigenvalue weighted by Gasteiger charge is -2.59. The summed E-state index contributed by atoms with van der Waals surface area (Å²) in [6.07, 6.45) is 7.34. The van der Waals surface area contributed by atoms with Crippen LogP contribution in [0, 0.1) is 17.8 Å². The van der Waals surface area contributed by atoms with Gasteiger partial charge in [-0.2, -0.15) is 0 Å². The fourth-order valence-electron chi connectivity index (χ4n) is 5.36. The summed E-state index contributed by atoms with van der Waals surface area (Å²) in [7, 11) is 1.85. The van der Waals surface area contributed by atoms with Crippen molar-refractivity contribution in [2.45, 2.75) is 43.7 Å². The number of hydrogen-bond acceptors (Lipinski definition) is 4. The monoisotopic (exact) mass is 335 g/mol. The fraction of sp³-hybridized carbons (Fsp3) is 0.647. The van der Waals surface area contributed by atoms with Crippen LogP contribution in [0.3, 0.4) is 0 Å². The smallest absolute Gasteiger partial charge is 0.252 e. The minimum atomic E-state index is -0.478. The van der Waals surface area contributed by atoms with Crippen LogP contribution < -0.4 is 11.1 Å². The van der Waals surface area contributed by atoms with Crippen molar-refractivity contribution in [3.05, 3.63) is 23.0 Å². The van der Waals surface area contributed by atoms with Gasteiger partial charge >= 0.3 is 0 Å². The first-order valence-corrected chi connectivity index (χ1v) is 8.64. The van der Waals surface area contributed by atoms with Crippen LogP contribution >= 0.6 is 11.6 Å². The summed E-state index contributed by atoms with van der Waals surface area (Å²) in [5.74, 6) is 1.46. The number of pyridine rings is 1. The first-order chi connectivity index (χ1) is 11.0. The highest BCUT2D eigenvalue weighted by atomic mass is 35.5. The Bertz CT molecular complexity index is 635. The topological polar surface area (TPSA) is 77.2 Å². The number of nitrogens with one attached hydrogen (secondary N) is 1. The number of amides is 1. The summed E-state index contributed by atoms with van der Waals surface area (Å²) in [4.78, 5) is 15.6. The molecule has 0 spiro atoms. The maximum Gasteiger partial charge on any atom is 0.252 e. The van der Waals surface area contributed by atoms with Crippen LogP contribution in [-0.2, 0) is 4.74 Å². The third-order valence-electron chi connectivity index (χ3n) is 6.11. The first-order valence-electron chi connectivity index (χ1n) is 8.27. The van der Waals surface area contributed by atoms with Crippen LogP contribution in [0.15, 0.2) is 12.3 Å². The molecule has 5 atom stereocenters. The van der Waals surface area contributed by atoms with Crippen LogP contribution in [0.1, 0.15) is 42.5 Å². The maximum atomic E-state index is 11.7. The Kier molecular flexibility index (Phi) is 3.54. The molecule has 4 fully saturated rings. The molecule has 0 saturated heterocycles. The van der Waals surface area contributed by atoms with E-state index >= 15 is 0 Å². The Balaban J connectivity index is 1.61. The number of carbonyl (C=O) groups is 1. The molecule has 4 bridgehead atoms. The minimum Gasteiger partial charge on any atom is -0.381 e. The molecule has 4 saturated carbocycles. The summed E-state index contributed by atoms with van der Waals surface area (Å²) < 4.78 is 5.90. The Hall–Kier alpha value is -1.33. The van der Waals surface area contributed by atoms with Gasteiger partial charge in [-0.05, 0) is 55.9 Å². The molecule has 1 heterocycles. The number of hydrogen-bond donors (Lipinski definition) is 2. The zero-order valence-corrected chi connectivity index (χ0v) is 14.0. The third-order valence-corrected chi connectivity index (χ3v) is 6.31. The van der Waals surface area contributed by atoms with Gasteiger partial charge in [0.2, 0.25) is 0 Å². The molecule has 23 heavy (non-hydrogen) atoms. The summed E-state index contributed by atoms with van der Waals surface area (Å²) in [6.45, 7) is 0. The summed E-state index contributed by atoms with van der Waals surface area (Å²) >= 11 is 6.01. The van der Waals surface area contributed by atoms with E-state index in [0.29, 0.717) is 34.3 Å². The predicted octanol–water partition coefficient (Wildman–Crippen LogP) is 2.84. The molecule has 5 nitrogen and oxygen atoms in total. The van der Waals surface area contributed by atoms with E-state index in [9.17, 15) is 4.79 Å². The number of carbonyl (C=O) groups excluding carboxylic acids is 1. The van der Waals surface area contributed by atoms with Crippen LogP contribution in [0.5, 0.6) is 0 Å². The SMILES string of the molecule is CO[C@]12CC3C[C@H](C1)[C@@H](Nc1cc(Cl)ncc1C(N)=O)[C@@H](C3)C2. The van der Waals surface area contributed by atoms with E-state index < -0.39 is 5.91 Å². The molecule has 4 aliphatic carbocycles. The first kappa shape index (κ1) is 15.2. The normalized spacial score (nSPS) is 37.8. The number of primary amides is 1. The molecule has 5 rings (SSSR count). The van der Waals surface area contributed by atoms with Gasteiger partial charge in [0.05, 0.1) is 16.9 Å². The number of rotatable bonds is 4. The van der Waals surface area contributed by atoms with E-state index in [1.54, 1.807) is 6.07 Å². The quantitative estimate of drug-likeness (QED) is 0.829. The number of halogens is 1. The van der Waals surface area contributed by atoms with E-state index in [4.69, 9.17) is 22.1 Å². The van der Waals surface area contributed by atoms with Gasteiger partial charge in [0.25, 0.3) is 5.91 Å². The van der Waals surface area contributed by atoms with Crippen molar-refractivity contribution in [3.8, 4) is 0 Å².